The van der Waals surface area contributed by atoms with Crippen LogP contribution in [-0.4, -0.2) is 36.3 Å². The van der Waals surface area contributed by atoms with E-state index in [1.54, 1.807) is 7.11 Å². The molecule has 0 saturated heterocycles. The Balaban J connectivity index is 2.53. The second kappa shape index (κ2) is 6.49. The summed E-state index contributed by atoms with van der Waals surface area (Å²) >= 11 is 0. The predicted molar refractivity (Wildman–Crippen MR) is 81.7 cm³/mol. The van der Waals surface area contributed by atoms with Gasteiger partial charge in [-0.05, 0) is 26.0 Å². The van der Waals surface area contributed by atoms with Gasteiger partial charge in [-0.1, -0.05) is 12.1 Å². The zero-order valence-electron chi connectivity index (χ0n) is 12.1. The Morgan fingerprint density at radius 1 is 1.30 bits per heavy atom. The molecule has 0 unspecified atom stereocenters. The molecule has 108 valence electrons. The van der Waals surface area contributed by atoms with Gasteiger partial charge in [0, 0.05) is 25.1 Å². The molecular formula is C14H21N5O. The molecule has 2 aromatic rings. The quantitative estimate of drug-likeness (QED) is 0.618. The van der Waals surface area contributed by atoms with Crippen LogP contribution < -0.4 is 16.2 Å². The molecule has 0 amide bonds. The molecule has 6 nitrogen and oxygen atoms in total. The molecule has 0 aliphatic heterocycles. The van der Waals surface area contributed by atoms with Gasteiger partial charge in [0.2, 0.25) is 5.95 Å². The van der Waals surface area contributed by atoms with Crippen LogP contribution >= 0.6 is 0 Å². The van der Waals surface area contributed by atoms with Gasteiger partial charge in [0.05, 0.1) is 12.1 Å². The van der Waals surface area contributed by atoms with Crippen LogP contribution in [0.3, 0.4) is 0 Å². The van der Waals surface area contributed by atoms with Crippen LogP contribution in [-0.2, 0) is 4.74 Å². The standard InChI is InChI=1S/C14H21N5O/c1-10(2)19(8-9-20-3)13-11-6-4-5-7-12(11)16-14(17-13)18-15/h4-7,10H,8-9,15H2,1-3H3,(H,16,17,18). The van der Waals surface area contributed by atoms with Crippen molar-refractivity contribution in [2.45, 2.75) is 19.9 Å². The van der Waals surface area contributed by atoms with Crippen molar-refractivity contribution in [2.24, 2.45) is 5.84 Å². The second-order valence-corrected chi connectivity index (χ2v) is 4.81. The van der Waals surface area contributed by atoms with Crippen molar-refractivity contribution in [3.63, 3.8) is 0 Å². The second-order valence-electron chi connectivity index (χ2n) is 4.81. The highest BCUT2D eigenvalue weighted by Crippen LogP contribution is 2.26. The van der Waals surface area contributed by atoms with Gasteiger partial charge in [-0.3, -0.25) is 5.43 Å². The van der Waals surface area contributed by atoms with Crippen molar-refractivity contribution >= 4 is 22.7 Å². The zero-order valence-corrected chi connectivity index (χ0v) is 12.1. The first-order valence-electron chi connectivity index (χ1n) is 6.66. The number of hydrogen-bond acceptors (Lipinski definition) is 6. The molecule has 20 heavy (non-hydrogen) atoms. The summed E-state index contributed by atoms with van der Waals surface area (Å²) in [5.41, 5.74) is 3.40. The Kier molecular flexibility index (Phi) is 4.70. The van der Waals surface area contributed by atoms with E-state index in [1.165, 1.54) is 0 Å². The highest BCUT2D eigenvalue weighted by atomic mass is 16.5. The van der Waals surface area contributed by atoms with E-state index in [0.717, 1.165) is 23.3 Å². The SMILES string of the molecule is COCCN(c1nc(NN)nc2ccccc12)C(C)C. The number of aromatic nitrogens is 2. The minimum Gasteiger partial charge on any atom is -0.383 e. The van der Waals surface area contributed by atoms with Crippen LogP contribution in [0.15, 0.2) is 24.3 Å². The number of hydrazine groups is 1. The Morgan fingerprint density at radius 2 is 2.05 bits per heavy atom. The average Bonchev–Trinajstić information content (AvgIpc) is 2.46. The molecule has 0 saturated carbocycles. The molecule has 1 heterocycles. The lowest BCUT2D eigenvalue weighted by Crippen LogP contribution is -2.35. The highest BCUT2D eigenvalue weighted by molar-refractivity contribution is 5.90. The number of para-hydroxylation sites is 1. The number of benzene rings is 1. The fourth-order valence-electron chi connectivity index (χ4n) is 2.14. The lowest BCUT2D eigenvalue weighted by Gasteiger charge is -2.28. The van der Waals surface area contributed by atoms with Crippen LogP contribution in [0, 0.1) is 0 Å². The first-order valence-corrected chi connectivity index (χ1v) is 6.66. The van der Waals surface area contributed by atoms with Gasteiger partial charge in [0.1, 0.15) is 5.82 Å². The number of nitrogens with one attached hydrogen (secondary N) is 1. The largest absolute Gasteiger partial charge is 0.383 e. The summed E-state index contributed by atoms with van der Waals surface area (Å²) in [5.74, 6) is 6.76. The molecule has 0 fully saturated rings. The monoisotopic (exact) mass is 275 g/mol. The number of hydrogen-bond donors (Lipinski definition) is 2. The normalized spacial score (nSPS) is 11.1. The van der Waals surface area contributed by atoms with Gasteiger partial charge >= 0.3 is 0 Å². The molecule has 1 aromatic carbocycles. The topological polar surface area (TPSA) is 76.3 Å². The maximum atomic E-state index is 5.47. The summed E-state index contributed by atoms with van der Waals surface area (Å²) in [5, 5.41) is 1.01. The highest BCUT2D eigenvalue weighted by Gasteiger charge is 2.16. The molecule has 0 radical (unpaired) electrons. The molecule has 0 spiro atoms. The van der Waals surface area contributed by atoms with Crippen LogP contribution in [0.5, 0.6) is 0 Å². The molecule has 0 aliphatic rings. The third-order valence-corrected chi connectivity index (χ3v) is 3.14. The average molecular weight is 275 g/mol. The number of anilines is 2. The van der Waals surface area contributed by atoms with Crippen LogP contribution in [0.25, 0.3) is 10.9 Å². The number of ether oxygens (including phenoxy) is 1. The maximum absolute atomic E-state index is 5.47. The van der Waals surface area contributed by atoms with Crippen molar-refractivity contribution in [2.75, 3.05) is 30.6 Å². The Bertz CT molecular complexity index is 572. The molecule has 1 aromatic heterocycles. The Labute approximate surface area is 118 Å². The van der Waals surface area contributed by atoms with Crippen LogP contribution in [0.1, 0.15) is 13.8 Å². The third kappa shape index (κ3) is 2.97. The molecule has 0 bridgehead atoms. The van der Waals surface area contributed by atoms with Crippen molar-refractivity contribution in [3.05, 3.63) is 24.3 Å². The van der Waals surface area contributed by atoms with Crippen molar-refractivity contribution in [1.82, 2.24) is 9.97 Å². The third-order valence-electron chi connectivity index (χ3n) is 3.14. The first kappa shape index (κ1) is 14.5. The summed E-state index contributed by atoms with van der Waals surface area (Å²) in [6, 6.07) is 8.21. The molecule has 2 rings (SSSR count). The van der Waals surface area contributed by atoms with Crippen molar-refractivity contribution < 1.29 is 4.74 Å². The number of nitrogen functional groups attached to an aromatic ring is 1. The summed E-state index contributed by atoms with van der Waals surface area (Å²) < 4.78 is 5.19. The van der Waals surface area contributed by atoms with E-state index in [1.807, 2.05) is 24.3 Å². The van der Waals surface area contributed by atoms with Crippen molar-refractivity contribution in [3.8, 4) is 0 Å². The van der Waals surface area contributed by atoms with Gasteiger partial charge in [-0.2, -0.15) is 4.98 Å². The Morgan fingerprint density at radius 3 is 2.70 bits per heavy atom. The maximum Gasteiger partial charge on any atom is 0.239 e. The minimum absolute atomic E-state index is 0.300. The molecular weight excluding hydrogens is 254 g/mol. The smallest absolute Gasteiger partial charge is 0.239 e. The van der Waals surface area contributed by atoms with E-state index in [4.69, 9.17) is 10.6 Å². The Hall–Kier alpha value is -1.92. The number of nitrogens with zero attached hydrogens (tertiary/aromatic N) is 3. The zero-order chi connectivity index (χ0) is 14.5. The van der Waals surface area contributed by atoms with Crippen LogP contribution in [0.2, 0.25) is 0 Å². The summed E-state index contributed by atoms with van der Waals surface area (Å²) in [6.45, 7) is 5.66. The van der Waals surface area contributed by atoms with E-state index in [0.29, 0.717) is 18.6 Å². The molecule has 0 aliphatic carbocycles. The van der Waals surface area contributed by atoms with Gasteiger partial charge in [0.15, 0.2) is 0 Å². The lowest BCUT2D eigenvalue weighted by atomic mass is 10.2. The lowest BCUT2D eigenvalue weighted by molar-refractivity contribution is 0.203. The summed E-state index contributed by atoms with van der Waals surface area (Å²) in [4.78, 5) is 11.1. The number of rotatable bonds is 6. The fraction of sp³-hybridized carbons (Fsp3) is 0.429. The summed E-state index contributed by atoms with van der Waals surface area (Å²) in [6.07, 6.45) is 0. The van der Waals surface area contributed by atoms with E-state index >= 15 is 0 Å². The predicted octanol–water partition coefficient (Wildman–Crippen LogP) is 1.78. The van der Waals surface area contributed by atoms with E-state index in [-0.39, 0.29) is 0 Å². The molecule has 6 heteroatoms. The van der Waals surface area contributed by atoms with E-state index < -0.39 is 0 Å². The van der Waals surface area contributed by atoms with E-state index in [9.17, 15) is 0 Å². The summed E-state index contributed by atoms with van der Waals surface area (Å²) in [7, 11) is 1.70. The van der Waals surface area contributed by atoms with Crippen molar-refractivity contribution in [1.29, 1.82) is 0 Å². The first-order chi connectivity index (χ1) is 9.67. The van der Waals surface area contributed by atoms with Gasteiger partial charge in [-0.15, -0.1) is 0 Å². The number of fused-ring (bicyclic) bond motifs is 1. The fourth-order valence-corrected chi connectivity index (χ4v) is 2.14. The van der Waals surface area contributed by atoms with Gasteiger partial charge in [0.25, 0.3) is 0 Å². The van der Waals surface area contributed by atoms with Gasteiger partial charge in [-0.25, -0.2) is 10.8 Å². The van der Waals surface area contributed by atoms with Gasteiger partial charge < -0.3 is 9.64 Å². The number of methoxy groups -OCH3 is 1. The van der Waals surface area contributed by atoms with Crippen LogP contribution in [0.4, 0.5) is 11.8 Å². The number of nitrogens with two attached hydrogens (primary N) is 1. The minimum atomic E-state index is 0.300. The molecule has 0 atom stereocenters. The van der Waals surface area contributed by atoms with E-state index in [2.05, 4.69) is 34.1 Å². The molecule has 3 N–H and O–H groups in total.